The summed E-state index contributed by atoms with van der Waals surface area (Å²) in [5.41, 5.74) is 1.60. The quantitative estimate of drug-likeness (QED) is 0.650. The van der Waals surface area contributed by atoms with Crippen LogP contribution < -0.4 is 21.3 Å². The molecule has 1 fully saturated rings. The van der Waals surface area contributed by atoms with Gasteiger partial charge in [-0.15, -0.1) is 12.4 Å². The first-order valence-electron chi connectivity index (χ1n) is 8.19. The fraction of sp³-hybridized carbons (Fsp3) is 0.529. The monoisotopic (exact) mass is 354 g/mol. The number of urea groups is 1. The van der Waals surface area contributed by atoms with Crippen LogP contribution in [0.1, 0.15) is 42.6 Å². The van der Waals surface area contributed by atoms with Crippen LogP contribution in [0.3, 0.4) is 0 Å². The van der Waals surface area contributed by atoms with Gasteiger partial charge >= 0.3 is 6.03 Å². The summed E-state index contributed by atoms with van der Waals surface area (Å²) in [6.45, 7) is 6.12. The minimum atomic E-state index is -0.188. The normalized spacial score (nSPS) is 16.9. The molecule has 4 N–H and O–H groups in total. The number of hydrogen-bond donors (Lipinski definition) is 4. The van der Waals surface area contributed by atoms with Gasteiger partial charge in [-0.25, -0.2) is 4.79 Å². The summed E-state index contributed by atoms with van der Waals surface area (Å²) in [5, 5.41) is 11.9. The van der Waals surface area contributed by atoms with Crippen LogP contribution in [0.25, 0.3) is 0 Å². The van der Waals surface area contributed by atoms with Crippen molar-refractivity contribution >= 4 is 24.3 Å². The van der Waals surface area contributed by atoms with Crippen LogP contribution in [0.15, 0.2) is 24.3 Å². The van der Waals surface area contributed by atoms with E-state index in [1.807, 2.05) is 26.0 Å². The van der Waals surface area contributed by atoms with Gasteiger partial charge in [0.15, 0.2) is 0 Å². The van der Waals surface area contributed by atoms with E-state index in [0.29, 0.717) is 12.1 Å². The van der Waals surface area contributed by atoms with Crippen molar-refractivity contribution in [2.45, 2.75) is 45.3 Å². The number of amides is 3. The molecule has 3 amide bonds. The molecule has 7 heteroatoms. The summed E-state index contributed by atoms with van der Waals surface area (Å²) in [6.07, 6.45) is 2.11. The molecule has 134 valence electrons. The number of nitrogens with one attached hydrogen (secondary N) is 4. The summed E-state index contributed by atoms with van der Waals surface area (Å²) in [6, 6.07) is 7.44. The minimum Gasteiger partial charge on any atom is -0.348 e. The first-order chi connectivity index (χ1) is 11.0. The Balaban J connectivity index is 0.00000288. The summed E-state index contributed by atoms with van der Waals surface area (Å²) in [5.74, 6) is -0.0456. The fourth-order valence-corrected chi connectivity index (χ4v) is 2.51. The van der Waals surface area contributed by atoms with Crippen LogP contribution in [0.5, 0.6) is 0 Å². The number of hydrogen-bond acceptors (Lipinski definition) is 3. The molecule has 0 radical (unpaired) electrons. The molecule has 1 saturated heterocycles. The maximum atomic E-state index is 12.2. The SMILES string of the molecule is CC(C)NC(=O)NCc1ccc(C(=O)N[C@H]2CCCNC2)cc1.Cl. The molecule has 0 spiro atoms. The predicted octanol–water partition coefficient (Wildman–Crippen LogP) is 1.80. The standard InChI is InChI=1S/C17H26N4O2.ClH/c1-12(2)20-17(23)19-10-13-5-7-14(8-6-13)16(22)21-15-4-3-9-18-11-15;/h5-8,12,15,18H,3-4,9-11H2,1-2H3,(H,21,22)(H2,19,20,23);1H/t15-;/m0./s1. The molecule has 0 aliphatic carbocycles. The summed E-state index contributed by atoms with van der Waals surface area (Å²) in [4.78, 5) is 23.7. The van der Waals surface area contributed by atoms with E-state index in [9.17, 15) is 9.59 Å². The van der Waals surface area contributed by atoms with E-state index in [2.05, 4.69) is 21.3 Å². The van der Waals surface area contributed by atoms with Gasteiger partial charge in [-0.05, 0) is 50.9 Å². The van der Waals surface area contributed by atoms with E-state index in [1.165, 1.54) is 0 Å². The highest BCUT2D eigenvalue weighted by Crippen LogP contribution is 2.07. The van der Waals surface area contributed by atoms with E-state index >= 15 is 0 Å². The topological polar surface area (TPSA) is 82.3 Å². The van der Waals surface area contributed by atoms with Crippen LogP contribution in [-0.4, -0.2) is 37.1 Å². The highest BCUT2D eigenvalue weighted by atomic mass is 35.5. The second kappa shape index (κ2) is 10.2. The largest absolute Gasteiger partial charge is 0.348 e. The van der Waals surface area contributed by atoms with E-state index in [-0.39, 0.29) is 36.4 Å². The average Bonchev–Trinajstić information content (AvgIpc) is 2.54. The van der Waals surface area contributed by atoms with Crippen LogP contribution in [0.4, 0.5) is 4.79 Å². The van der Waals surface area contributed by atoms with E-state index in [1.54, 1.807) is 12.1 Å². The van der Waals surface area contributed by atoms with Crippen LogP contribution >= 0.6 is 12.4 Å². The van der Waals surface area contributed by atoms with Crippen LogP contribution in [-0.2, 0) is 6.54 Å². The van der Waals surface area contributed by atoms with E-state index in [0.717, 1.165) is 31.5 Å². The molecule has 0 bridgehead atoms. The molecule has 1 heterocycles. The number of halogens is 1. The molecule has 1 atom stereocenters. The fourth-order valence-electron chi connectivity index (χ4n) is 2.51. The van der Waals surface area contributed by atoms with E-state index < -0.39 is 0 Å². The van der Waals surface area contributed by atoms with Crippen molar-refractivity contribution in [3.8, 4) is 0 Å². The molecule has 1 aromatic carbocycles. The number of benzene rings is 1. The van der Waals surface area contributed by atoms with Crippen molar-refractivity contribution < 1.29 is 9.59 Å². The number of carbonyl (C=O) groups excluding carboxylic acids is 2. The van der Waals surface area contributed by atoms with Gasteiger partial charge < -0.3 is 21.3 Å². The lowest BCUT2D eigenvalue weighted by molar-refractivity contribution is 0.0930. The average molecular weight is 355 g/mol. The van der Waals surface area contributed by atoms with Crippen molar-refractivity contribution in [2.75, 3.05) is 13.1 Å². The molecule has 1 aliphatic heterocycles. The molecule has 2 rings (SSSR count). The second-order valence-corrected chi connectivity index (χ2v) is 6.20. The van der Waals surface area contributed by atoms with Gasteiger partial charge in [0.25, 0.3) is 5.91 Å². The molecule has 6 nitrogen and oxygen atoms in total. The molecule has 1 aromatic rings. The molecule has 1 aliphatic rings. The highest BCUT2D eigenvalue weighted by molar-refractivity contribution is 5.94. The zero-order valence-electron chi connectivity index (χ0n) is 14.2. The second-order valence-electron chi connectivity index (χ2n) is 6.20. The van der Waals surface area contributed by atoms with Gasteiger partial charge in [0.1, 0.15) is 0 Å². The number of carbonyl (C=O) groups is 2. The predicted molar refractivity (Wildman–Crippen MR) is 97.6 cm³/mol. The first-order valence-corrected chi connectivity index (χ1v) is 8.19. The van der Waals surface area contributed by atoms with Gasteiger partial charge in [-0.2, -0.15) is 0 Å². The Labute approximate surface area is 149 Å². The maximum absolute atomic E-state index is 12.2. The van der Waals surface area contributed by atoms with Gasteiger partial charge in [-0.3, -0.25) is 4.79 Å². The Morgan fingerprint density at radius 2 is 1.96 bits per heavy atom. The maximum Gasteiger partial charge on any atom is 0.315 e. The first kappa shape index (κ1) is 20.3. The Kier molecular flexibility index (Phi) is 8.57. The Morgan fingerprint density at radius 1 is 1.25 bits per heavy atom. The molecular formula is C17H27ClN4O2. The number of piperidine rings is 1. The van der Waals surface area contributed by atoms with Crippen molar-refractivity contribution in [2.24, 2.45) is 0 Å². The summed E-state index contributed by atoms with van der Waals surface area (Å²) >= 11 is 0. The molecule has 0 aromatic heterocycles. The number of rotatable bonds is 5. The van der Waals surface area contributed by atoms with Crippen LogP contribution in [0, 0.1) is 0 Å². The van der Waals surface area contributed by atoms with Crippen molar-refractivity contribution in [1.82, 2.24) is 21.3 Å². The van der Waals surface area contributed by atoms with Gasteiger partial charge in [0.2, 0.25) is 0 Å². The molecular weight excluding hydrogens is 328 g/mol. The Bertz CT molecular complexity index is 528. The lowest BCUT2D eigenvalue weighted by Crippen LogP contribution is -2.45. The minimum absolute atomic E-state index is 0. The smallest absolute Gasteiger partial charge is 0.315 e. The van der Waals surface area contributed by atoms with Crippen LogP contribution in [0.2, 0.25) is 0 Å². The van der Waals surface area contributed by atoms with Crippen molar-refractivity contribution in [3.05, 3.63) is 35.4 Å². The Hall–Kier alpha value is -1.79. The van der Waals surface area contributed by atoms with Crippen molar-refractivity contribution in [3.63, 3.8) is 0 Å². The highest BCUT2D eigenvalue weighted by Gasteiger charge is 2.16. The zero-order chi connectivity index (χ0) is 16.7. The van der Waals surface area contributed by atoms with Crippen molar-refractivity contribution in [1.29, 1.82) is 0 Å². The third-order valence-electron chi connectivity index (χ3n) is 3.72. The lowest BCUT2D eigenvalue weighted by Gasteiger charge is -2.23. The van der Waals surface area contributed by atoms with Gasteiger partial charge in [-0.1, -0.05) is 12.1 Å². The third kappa shape index (κ3) is 6.76. The lowest BCUT2D eigenvalue weighted by atomic mass is 10.1. The van der Waals surface area contributed by atoms with Gasteiger partial charge in [0.05, 0.1) is 0 Å². The molecule has 0 saturated carbocycles. The molecule has 0 unspecified atom stereocenters. The summed E-state index contributed by atoms with van der Waals surface area (Å²) in [7, 11) is 0. The third-order valence-corrected chi connectivity index (χ3v) is 3.72. The van der Waals surface area contributed by atoms with Gasteiger partial charge in [0, 0.05) is 30.7 Å². The summed E-state index contributed by atoms with van der Waals surface area (Å²) < 4.78 is 0. The zero-order valence-corrected chi connectivity index (χ0v) is 15.0. The molecule has 24 heavy (non-hydrogen) atoms. The Morgan fingerprint density at radius 3 is 2.54 bits per heavy atom. The van der Waals surface area contributed by atoms with E-state index in [4.69, 9.17) is 0 Å².